The number of hydrogen-bond acceptors (Lipinski definition) is 14. The van der Waals surface area contributed by atoms with Crippen molar-refractivity contribution in [2.45, 2.75) is 173 Å². The number of nitrogens with two attached hydrogens (primary N) is 1. The number of aryl methyl sites for hydroxylation is 1. The van der Waals surface area contributed by atoms with Crippen molar-refractivity contribution in [3.8, 4) is 0 Å². The van der Waals surface area contributed by atoms with Crippen molar-refractivity contribution in [1.29, 1.82) is 0 Å². The van der Waals surface area contributed by atoms with E-state index in [2.05, 4.69) is 38.5 Å². The molecule has 3 heterocycles. The number of esters is 2. The molecule has 2 aromatic carbocycles. The molecular formula is C60H79BrCl2FN5O14. The van der Waals surface area contributed by atoms with Crippen molar-refractivity contribution in [2.24, 2.45) is 23.5 Å². The lowest BCUT2D eigenvalue weighted by atomic mass is 9.78. The molecule has 5 amide bonds. The molecule has 0 radical (unpaired) electrons. The van der Waals surface area contributed by atoms with Crippen molar-refractivity contribution in [2.75, 3.05) is 36.2 Å². The van der Waals surface area contributed by atoms with Gasteiger partial charge in [0.15, 0.2) is 5.78 Å². The Kier molecular flexibility index (Phi) is 24.9. The van der Waals surface area contributed by atoms with Gasteiger partial charge in [0.05, 0.1) is 52.5 Å². The van der Waals surface area contributed by atoms with Gasteiger partial charge in [0, 0.05) is 69.1 Å². The summed E-state index contributed by atoms with van der Waals surface area (Å²) in [5, 5.41) is 20.1. The third kappa shape index (κ3) is 18.9. The molecule has 6 N–H and O–H groups in total. The van der Waals surface area contributed by atoms with E-state index in [1.807, 2.05) is 26.0 Å². The number of alkyl halides is 1. The van der Waals surface area contributed by atoms with E-state index in [-0.39, 0.29) is 90.1 Å². The number of allylic oxidation sites excluding steroid dienone is 3. The first-order valence-corrected chi connectivity index (χ1v) is 29.7. The number of Topliss-reactive ketones (excluding diaryl/α,β-unsaturated/α-hetero) is 2. The molecule has 456 valence electrons. The maximum absolute atomic E-state index is 16.2. The van der Waals surface area contributed by atoms with Gasteiger partial charge in [-0.25, -0.2) is 18.8 Å². The van der Waals surface area contributed by atoms with Gasteiger partial charge in [-0.3, -0.25) is 29.3 Å². The van der Waals surface area contributed by atoms with Crippen molar-refractivity contribution < 1.29 is 71.5 Å². The van der Waals surface area contributed by atoms with E-state index >= 15 is 4.39 Å². The summed E-state index contributed by atoms with van der Waals surface area (Å²) in [6, 6.07) is 3.75. The minimum atomic E-state index is -1.67. The number of hydrogen-bond donors (Lipinski definition) is 5. The van der Waals surface area contributed by atoms with E-state index in [4.69, 9.17) is 52.6 Å². The quantitative estimate of drug-likeness (QED) is 0.0173. The van der Waals surface area contributed by atoms with Gasteiger partial charge in [0.1, 0.15) is 41.1 Å². The number of anilines is 2. The average Bonchev–Trinajstić information content (AvgIpc) is 1.94. The van der Waals surface area contributed by atoms with Crippen LogP contribution in [0.25, 0.3) is 0 Å². The standard InChI is InChI=1S/C60H79BrCl2FN5O14/c1-32(2)41(26-40(70)17-12-11-16-36(6)80-56(75)35(5)31-61)55(74)67-44(18-14-20-66-57(65)76)47(71)25-39-24-42(62)45(27-43(39)64)68-58(77)82-50-28-51(72)69(9)46-23-38(22-34(4)53(46)63)21-33(3)15-13-19-49(79-10)60(78)29-48(81-52(73)30-60)37(7)54-59(50,8)83-54/h13,15,19,22-24,27,32,36-37,41,44,48-50,54,78H,5,11-12,14,16-18,20-21,25-26,28-31H2,1-4,6-10H3,(H,67,74)(H,68,77)(H3,65,66,76)/b19-13+,33-15+/t36?,37-,41+,44+,48+,49-,50+,54+,59+,60-/m1/s1. The number of rotatable bonds is 23. The molecule has 0 spiro atoms. The van der Waals surface area contributed by atoms with E-state index in [9.17, 15) is 43.5 Å². The number of unbranched alkanes of at least 4 members (excludes halogenated alkanes) is 1. The van der Waals surface area contributed by atoms with Crippen molar-refractivity contribution >= 4 is 98.0 Å². The van der Waals surface area contributed by atoms with Crippen LogP contribution in [0.2, 0.25) is 10.0 Å². The summed E-state index contributed by atoms with van der Waals surface area (Å²) in [4.78, 5) is 108. The molecule has 2 aromatic rings. The van der Waals surface area contributed by atoms with Gasteiger partial charge in [-0.2, -0.15) is 0 Å². The third-order valence-corrected chi connectivity index (χ3v) is 17.0. The number of fused-ring (bicyclic) bond motifs is 5. The van der Waals surface area contributed by atoms with Crippen LogP contribution in [-0.2, 0) is 65.3 Å². The number of benzene rings is 2. The molecule has 0 aromatic heterocycles. The first kappa shape index (κ1) is 68.1. The van der Waals surface area contributed by atoms with E-state index in [0.717, 1.165) is 23.3 Å². The zero-order valence-corrected chi connectivity index (χ0v) is 51.7. The monoisotopic (exact) mass is 1260 g/mol. The molecule has 83 heavy (non-hydrogen) atoms. The summed E-state index contributed by atoms with van der Waals surface area (Å²) in [5.74, 6) is -5.76. The van der Waals surface area contributed by atoms with E-state index in [0.29, 0.717) is 42.0 Å². The van der Waals surface area contributed by atoms with Crippen LogP contribution >= 0.6 is 39.1 Å². The van der Waals surface area contributed by atoms with Gasteiger partial charge < -0.3 is 50.1 Å². The summed E-state index contributed by atoms with van der Waals surface area (Å²) in [7, 11) is 2.98. The van der Waals surface area contributed by atoms with Crippen LogP contribution in [-0.4, -0.2) is 126 Å². The normalized spacial score (nSPS) is 24.8. The predicted molar refractivity (Wildman–Crippen MR) is 316 cm³/mol. The summed E-state index contributed by atoms with van der Waals surface area (Å²) < 4.78 is 45.4. The van der Waals surface area contributed by atoms with Crippen LogP contribution in [0.1, 0.15) is 122 Å². The number of epoxide rings is 1. The van der Waals surface area contributed by atoms with Crippen molar-refractivity contribution in [3.05, 3.63) is 92.8 Å². The Hall–Kier alpha value is -5.71. The number of carbonyl (C=O) groups is 8. The molecule has 3 aliphatic rings. The molecule has 2 fully saturated rings. The lowest BCUT2D eigenvalue weighted by molar-refractivity contribution is -0.187. The molecule has 4 bridgehead atoms. The second-order valence-electron chi connectivity index (χ2n) is 22.6. The largest absolute Gasteiger partial charge is 0.462 e. The highest BCUT2D eigenvalue weighted by atomic mass is 79.9. The van der Waals surface area contributed by atoms with Gasteiger partial charge >= 0.3 is 24.1 Å². The van der Waals surface area contributed by atoms with Crippen LogP contribution < -0.4 is 26.6 Å². The number of primary amides is 1. The van der Waals surface area contributed by atoms with Gasteiger partial charge in [0.25, 0.3) is 0 Å². The van der Waals surface area contributed by atoms with E-state index < -0.39 is 114 Å². The van der Waals surface area contributed by atoms with E-state index in [1.54, 1.807) is 59.9 Å². The van der Waals surface area contributed by atoms with Crippen LogP contribution in [0.3, 0.4) is 0 Å². The predicted octanol–water partition coefficient (Wildman–Crippen LogP) is 9.43. The molecule has 0 saturated carbocycles. The summed E-state index contributed by atoms with van der Waals surface area (Å²) >= 11 is 16.7. The fraction of sp³-hybridized carbons (Fsp3) is 0.567. The highest BCUT2D eigenvalue weighted by Crippen LogP contribution is 2.50. The number of nitrogens with zero attached hydrogens (tertiary/aromatic N) is 1. The minimum absolute atomic E-state index is 0.00811. The second kappa shape index (κ2) is 30.4. The average molecular weight is 1260 g/mol. The van der Waals surface area contributed by atoms with Crippen LogP contribution in [0.15, 0.2) is 60.2 Å². The number of aliphatic hydroxyl groups is 1. The first-order valence-electron chi connectivity index (χ1n) is 27.8. The number of nitrogens with one attached hydrogen (secondary N) is 3. The molecule has 23 heteroatoms. The fourth-order valence-corrected chi connectivity index (χ4v) is 11.2. The Bertz CT molecular complexity index is 2830. The number of ether oxygens (including phenoxy) is 5. The Balaban J connectivity index is 1.33. The van der Waals surface area contributed by atoms with Crippen LogP contribution in [0.5, 0.6) is 0 Å². The Morgan fingerprint density at radius 1 is 1.05 bits per heavy atom. The molecule has 10 atom stereocenters. The van der Waals surface area contributed by atoms with Gasteiger partial charge in [-0.05, 0) is 107 Å². The molecule has 3 aliphatic heterocycles. The number of carbonyl (C=O) groups excluding carboxylic acids is 8. The van der Waals surface area contributed by atoms with E-state index in [1.165, 1.54) is 12.0 Å². The SMILES string of the molecule is C=C(CBr)C(=O)OC(C)CCCCC(=O)C[C@H](C(=O)N[C@@H](CCCNC(N)=O)C(=O)Cc1cc(Cl)c(NC(=O)O[C@H]2CC(=O)N(C)c3cc(cc(C)c3Cl)C/C(C)=C/C=C/[C@@H](OC)[C@]3(O)CC(=O)O[C@@H](C3)[C@@H](C)[C@@H]3O[C@@]23C)cc1F)C(C)C. The maximum Gasteiger partial charge on any atom is 0.412 e. The van der Waals surface area contributed by atoms with Crippen LogP contribution in [0.4, 0.5) is 25.4 Å². The summed E-state index contributed by atoms with van der Waals surface area (Å²) in [5.41, 5.74) is 4.92. The number of urea groups is 1. The van der Waals surface area contributed by atoms with Gasteiger partial charge in [-0.1, -0.05) is 96.3 Å². The number of halogens is 4. The minimum Gasteiger partial charge on any atom is -0.462 e. The summed E-state index contributed by atoms with van der Waals surface area (Å²) in [6.45, 7) is 16.1. The molecule has 1 unspecified atom stereocenters. The molecular weight excluding hydrogens is 1180 g/mol. The van der Waals surface area contributed by atoms with Gasteiger partial charge in [-0.15, -0.1) is 0 Å². The number of amides is 5. The Morgan fingerprint density at radius 2 is 1.76 bits per heavy atom. The molecule has 5 rings (SSSR count). The molecule has 0 aliphatic carbocycles. The second-order valence-corrected chi connectivity index (χ2v) is 23.9. The van der Waals surface area contributed by atoms with Gasteiger partial charge in [0.2, 0.25) is 11.8 Å². The molecule has 2 saturated heterocycles. The zero-order valence-electron chi connectivity index (χ0n) is 48.6. The number of methoxy groups -OCH3 is 1. The first-order chi connectivity index (χ1) is 39.0. The highest BCUT2D eigenvalue weighted by Gasteiger charge is 2.64. The Labute approximate surface area is 503 Å². The lowest BCUT2D eigenvalue weighted by Gasteiger charge is -2.41. The topological polar surface area (TPSA) is 272 Å². The number of ketones is 2. The smallest absolute Gasteiger partial charge is 0.412 e. The Morgan fingerprint density at radius 3 is 2.42 bits per heavy atom. The maximum atomic E-state index is 16.2. The fourth-order valence-electron chi connectivity index (χ4n) is 10.5. The zero-order chi connectivity index (χ0) is 61.7. The van der Waals surface area contributed by atoms with Crippen molar-refractivity contribution in [3.63, 3.8) is 0 Å². The third-order valence-electron chi connectivity index (χ3n) is 15.5. The summed E-state index contributed by atoms with van der Waals surface area (Å²) in [6.07, 6.45) is 0.771. The highest BCUT2D eigenvalue weighted by molar-refractivity contribution is 9.09. The van der Waals surface area contributed by atoms with Crippen LogP contribution in [0, 0.1) is 30.5 Å². The van der Waals surface area contributed by atoms with Crippen molar-refractivity contribution in [1.82, 2.24) is 10.6 Å². The molecule has 19 nitrogen and oxygen atoms in total. The lowest BCUT2D eigenvalue weighted by Crippen LogP contribution is -2.53.